The predicted molar refractivity (Wildman–Crippen MR) is 108 cm³/mol. The van der Waals surface area contributed by atoms with E-state index in [-0.39, 0.29) is 18.6 Å². The molecule has 5 atom stereocenters. The zero-order valence-corrected chi connectivity index (χ0v) is 17.5. The SMILES string of the molecule is CC(O)C(NC(=O)C(CS)NC(=O)C1CCCN1C(=O)C(N)CCC(N)=O)C(=O)O. The van der Waals surface area contributed by atoms with Gasteiger partial charge in [0.05, 0.1) is 12.1 Å². The molecule has 0 bridgehead atoms. The normalized spacial score (nSPS) is 20.0. The van der Waals surface area contributed by atoms with Crippen molar-refractivity contribution in [1.29, 1.82) is 0 Å². The number of aliphatic carboxylic acids is 1. The third kappa shape index (κ3) is 7.15. The van der Waals surface area contributed by atoms with Gasteiger partial charge in [0.25, 0.3) is 0 Å². The number of aliphatic hydroxyl groups excluding tert-OH is 1. The maximum absolute atomic E-state index is 12.7. The molecular formula is C17H29N5O7S. The fourth-order valence-corrected chi connectivity index (χ4v) is 3.30. The summed E-state index contributed by atoms with van der Waals surface area (Å²) in [6, 6.07) is -4.58. The van der Waals surface area contributed by atoms with Gasteiger partial charge in [-0.1, -0.05) is 0 Å². The zero-order chi connectivity index (χ0) is 23.0. The lowest BCUT2D eigenvalue weighted by Crippen LogP contribution is -2.58. The largest absolute Gasteiger partial charge is 0.480 e. The number of hydrogen-bond acceptors (Lipinski definition) is 8. The molecule has 5 unspecified atom stereocenters. The lowest BCUT2D eigenvalue weighted by Gasteiger charge is -2.28. The molecule has 12 nitrogen and oxygen atoms in total. The van der Waals surface area contributed by atoms with Crippen LogP contribution in [0.1, 0.15) is 32.6 Å². The highest BCUT2D eigenvalue weighted by Gasteiger charge is 2.38. The molecule has 1 aliphatic heterocycles. The number of rotatable bonds is 11. The van der Waals surface area contributed by atoms with Gasteiger partial charge < -0.3 is 37.2 Å². The maximum Gasteiger partial charge on any atom is 0.328 e. The number of carboxylic acids is 1. The van der Waals surface area contributed by atoms with E-state index >= 15 is 0 Å². The van der Waals surface area contributed by atoms with Crippen LogP contribution in [0.3, 0.4) is 0 Å². The van der Waals surface area contributed by atoms with Crippen LogP contribution in [0.25, 0.3) is 0 Å². The third-order valence-electron chi connectivity index (χ3n) is 4.72. The lowest BCUT2D eigenvalue weighted by atomic mass is 10.1. The molecule has 1 saturated heterocycles. The Morgan fingerprint density at radius 1 is 1.23 bits per heavy atom. The third-order valence-corrected chi connectivity index (χ3v) is 5.08. The van der Waals surface area contributed by atoms with Crippen LogP contribution in [-0.4, -0.2) is 87.3 Å². The first-order valence-electron chi connectivity index (χ1n) is 9.46. The Bertz CT molecular complexity index is 675. The first-order chi connectivity index (χ1) is 14.0. The first kappa shape index (κ1) is 25.7. The molecule has 0 radical (unpaired) electrons. The van der Waals surface area contributed by atoms with Crippen molar-refractivity contribution in [2.75, 3.05) is 12.3 Å². The average Bonchev–Trinajstić information content (AvgIpc) is 3.16. The van der Waals surface area contributed by atoms with Crippen molar-refractivity contribution in [1.82, 2.24) is 15.5 Å². The summed E-state index contributed by atoms with van der Waals surface area (Å²) in [6.45, 7) is 1.50. The summed E-state index contributed by atoms with van der Waals surface area (Å²) in [5.41, 5.74) is 10.9. The van der Waals surface area contributed by atoms with Crippen LogP contribution in [0, 0.1) is 0 Å². The minimum Gasteiger partial charge on any atom is -0.480 e. The quantitative estimate of drug-likeness (QED) is 0.161. The molecule has 1 heterocycles. The smallest absolute Gasteiger partial charge is 0.328 e. The number of nitrogens with two attached hydrogens (primary N) is 2. The van der Waals surface area contributed by atoms with E-state index in [0.717, 1.165) is 0 Å². The number of primary amides is 1. The second-order valence-corrected chi connectivity index (χ2v) is 7.48. The van der Waals surface area contributed by atoms with Gasteiger partial charge in [0.15, 0.2) is 6.04 Å². The van der Waals surface area contributed by atoms with E-state index in [1.807, 2.05) is 0 Å². The van der Waals surface area contributed by atoms with Gasteiger partial charge >= 0.3 is 5.97 Å². The van der Waals surface area contributed by atoms with Gasteiger partial charge in [-0.15, -0.1) is 0 Å². The van der Waals surface area contributed by atoms with Crippen molar-refractivity contribution in [3.63, 3.8) is 0 Å². The van der Waals surface area contributed by atoms with Crippen LogP contribution in [-0.2, 0) is 24.0 Å². The van der Waals surface area contributed by atoms with Crippen molar-refractivity contribution >= 4 is 42.2 Å². The molecule has 0 aromatic carbocycles. The molecule has 0 aliphatic carbocycles. The topological polar surface area (TPSA) is 205 Å². The Balaban J connectivity index is 2.77. The van der Waals surface area contributed by atoms with Crippen LogP contribution in [0.15, 0.2) is 0 Å². The van der Waals surface area contributed by atoms with Crippen molar-refractivity contribution in [3.8, 4) is 0 Å². The fraction of sp³-hybridized carbons (Fsp3) is 0.706. The van der Waals surface area contributed by atoms with Gasteiger partial charge in [0, 0.05) is 18.7 Å². The Hall–Kier alpha value is -2.38. The second kappa shape index (κ2) is 11.7. The molecule has 30 heavy (non-hydrogen) atoms. The zero-order valence-electron chi connectivity index (χ0n) is 16.6. The molecule has 4 amide bonds. The molecule has 0 spiro atoms. The highest BCUT2D eigenvalue weighted by Crippen LogP contribution is 2.19. The molecule has 0 aromatic rings. The molecule has 0 saturated carbocycles. The summed E-state index contributed by atoms with van der Waals surface area (Å²) in [5.74, 6) is -4.10. The number of hydrogen-bond donors (Lipinski definition) is 7. The lowest BCUT2D eigenvalue weighted by molar-refractivity contribution is -0.145. The molecule has 13 heteroatoms. The number of amides is 4. The average molecular weight is 448 g/mol. The summed E-state index contributed by atoms with van der Waals surface area (Å²) >= 11 is 4.01. The predicted octanol–water partition coefficient (Wildman–Crippen LogP) is -3.06. The van der Waals surface area contributed by atoms with E-state index < -0.39 is 59.9 Å². The van der Waals surface area contributed by atoms with E-state index in [2.05, 4.69) is 23.3 Å². The highest BCUT2D eigenvalue weighted by molar-refractivity contribution is 7.80. The molecule has 1 rings (SSSR count). The van der Waals surface area contributed by atoms with Crippen molar-refractivity contribution in [3.05, 3.63) is 0 Å². The maximum atomic E-state index is 12.7. The van der Waals surface area contributed by atoms with Gasteiger partial charge in [0.1, 0.15) is 12.1 Å². The van der Waals surface area contributed by atoms with Gasteiger partial charge in [-0.25, -0.2) is 4.79 Å². The van der Waals surface area contributed by atoms with E-state index in [1.165, 1.54) is 11.8 Å². The number of nitrogens with zero attached hydrogens (tertiary/aromatic N) is 1. The second-order valence-electron chi connectivity index (χ2n) is 7.11. The molecule has 170 valence electrons. The van der Waals surface area contributed by atoms with E-state index in [0.29, 0.717) is 19.4 Å². The number of nitrogens with one attached hydrogen (secondary N) is 2. The molecule has 0 aromatic heterocycles. The molecular weight excluding hydrogens is 418 g/mol. The minimum absolute atomic E-state index is 0.0522. The number of aliphatic hydroxyl groups is 1. The monoisotopic (exact) mass is 447 g/mol. The van der Waals surface area contributed by atoms with Gasteiger partial charge in [0.2, 0.25) is 23.6 Å². The Kier molecular flexibility index (Phi) is 10.0. The molecule has 1 aliphatic rings. The summed E-state index contributed by atoms with van der Waals surface area (Å²) in [6.07, 6.45) is -0.461. The van der Waals surface area contributed by atoms with Gasteiger partial charge in [-0.2, -0.15) is 12.6 Å². The summed E-state index contributed by atoms with van der Waals surface area (Å²) in [4.78, 5) is 60.8. The van der Waals surface area contributed by atoms with E-state index in [9.17, 15) is 29.1 Å². The number of carbonyl (C=O) groups excluding carboxylic acids is 4. The standard InChI is InChI=1S/C17H29N5O7S/c1-8(23)13(17(28)29)21-14(25)10(7-30)20-15(26)11-3-2-6-22(11)16(27)9(18)4-5-12(19)24/h8-11,13,23,30H,2-7,18H2,1H3,(H2,19,24)(H,20,26)(H,21,25)(H,28,29). The van der Waals surface area contributed by atoms with Crippen molar-refractivity contribution in [2.24, 2.45) is 11.5 Å². The van der Waals surface area contributed by atoms with Crippen LogP contribution in [0.5, 0.6) is 0 Å². The Labute approximate surface area is 179 Å². The number of carbonyl (C=O) groups is 5. The van der Waals surface area contributed by atoms with Crippen LogP contribution in [0.2, 0.25) is 0 Å². The summed E-state index contributed by atoms with van der Waals surface area (Å²) < 4.78 is 0. The fourth-order valence-electron chi connectivity index (χ4n) is 3.04. The Morgan fingerprint density at radius 3 is 2.37 bits per heavy atom. The molecule has 8 N–H and O–H groups in total. The number of thiol groups is 1. The van der Waals surface area contributed by atoms with Crippen LogP contribution in [0.4, 0.5) is 0 Å². The highest BCUT2D eigenvalue weighted by atomic mass is 32.1. The summed E-state index contributed by atoms with van der Waals surface area (Å²) in [5, 5.41) is 23.1. The van der Waals surface area contributed by atoms with E-state index in [4.69, 9.17) is 16.6 Å². The first-order valence-corrected chi connectivity index (χ1v) is 10.1. The number of carboxylic acid groups (broad SMARTS) is 1. The summed E-state index contributed by atoms with van der Waals surface area (Å²) in [7, 11) is 0. The van der Waals surface area contributed by atoms with Crippen molar-refractivity contribution < 1.29 is 34.2 Å². The van der Waals surface area contributed by atoms with E-state index in [1.54, 1.807) is 0 Å². The van der Waals surface area contributed by atoms with Gasteiger partial charge in [-0.3, -0.25) is 19.2 Å². The minimum atomic E-state index is -1.55. The van der Waals surface area contributed by atoms with Crippen LogP contribution < -0.4 is 22.1 Å². The number of likely N-dealkylation sites (tertiary alicyclic amines) is 1. The van der Waals surface area contributed by atoms with Crippen molar-refractivity contribution in [2.45, 2.75) is 62.9 Å². The van der Waals surface area contributed by atoms with Crippen LogP contribution >= 0.6 is 12.6 Å². The van der Waals surface area contributed by atoms with Gasteiger partial charge in [-0.05, 0) is 26.2 Å². The Morgan fingerprint density at radius 2 is 1.87 bits per heavy atom. The molecule has 1 fully saturated rings.